The number of nitrogens with zero attached hydrogens (tertiary/aromatic N) is 1. The van der Waals surface area contributed by atoms with Crippen molar-refractivity contribution in [1.82, 2.24) is 4.90 Å². The Bertz CT molecular complexity index is 718. The van der Waals surface area contributed by atoms with E-state index in [9.17, 15) is 9.59 Å². The van der Waals surface area contributed by atoms with E-state index in [4.69, 9.17) is 9.52 Å². The van der Waals surface area contributed by atoms with E-state index in [1.807, 2.05) is 24.0 Å². The molecule has 1 fully saturated rings. The number of aromatic carboxylic acids is 1. The van der Waals surface area contributed by atoms with E-state index in [2.05, 4.69) is 0 Å². The van der Waals surface area contributed by atoms with Crippen LogP contribution in [0.15, 0.2) is 28.7 Å². The lowest BCUT2D eigenvalue weighted by Crippen LogP contribution is -2.34. The fourth-order valence-corrected chi connectivity index (χ4v) is 3.79. The number of hydrogen-bond donors (Lipinski definition) is 1. The predicted molar refractivity (Wildman–Crippen MR) is 87.0 cm³/mol. The van der Waals surface area contributed by atoms with Crippen LogP contribution in [-0.2, 0) is 0 Å². The molecule has 1 N–H and O–H groups in total. The summed E-state index contributed by atoms with van der Waals surface area (Å²) in [5.74, 6) is 0.542. The minimum atomic E-state index is -0.997. The molecule has 3 rings (SSSR count). The van der Waals surface area contributed by atoms with Crippen molar-refractivity contribution in [3.05, 3.63) is 45.5 Å². The molecule has 0 saturated carbocycles. The quantitative estimate of drug-likeness (QED) is 0.918. The lowest BCUT2D eigenvalue weighted by Gasteiger charge is -2.28. The molecular formula is C17H19NO4S. The third-order valence-electron chi connectivity index (χ3n) is 4.13. The highest BCUT2D eigenvalue weighted by Gasteiger charge is 2.30. The van der Waals surface area contributed by atoms with Gasteiger partial charge >= 0.3 is 5.97 Å². The maximum atomic E-state index is 12.9. The van der Waals surface area contributed by atoms with Gasteiger partial charge in [0.1, 0.15) is 16.4 Å². The smallest absolute Gasteiger partial charge is 0.345 e. The fraction of sp³-hybridized carbons (Fsp3) is 0.412. The molecule has 0 aromatic carbocycles. The first-order chi connectivity index (χ1) is 11.1. The van der Waals surface area contributed by atoms with E-state index in [0.29, 0.717) is 11.4 Å². The summed E-state index contributed by atoms with van der Waals surface area (Å²) in [6, 6.07) is 6.86. The van der Waals surface area contributed by atoms with Gasteiger partial charge in [-0.3, -0.25) is 4.79 Å². The Balaban J connectivity index is 1.89. The molecule has 2 aromatic rings. The highest BCUT2D eigenvalue weighted by molar-refractivity contribution is 7.15. The van der Waals surface area contributed by atoms with Gasteiger partial charge < -0.3 is 14.4 Å². The van der Waals surface area contributed by atoms with Gasteiger partial charge in [-0.2, -0.15) is 0 Å². The van der Waals surface area contributed by atoms with Crippen molar-refractivity contribution in [2.75, 3.05) is 6.54 Å². The first-order valence-electron chi connectivity index (χ1n) is 7.76. The molecule has 2 aromatic heterocycles. The van der Waals surface area contributed by atoms with Gasteiger partial charge in [-0.05, 0) is 44.0 Å². The second kappa shape index (κ2) is 6.58. The average Bonchev–Trinajstić information content (AvgIpc) is 3.10. The van der Waals surface area contributed by atoms with Gasteiger partial charge in [-0.15, -0.1) is 11.3 Å². The number of amides is 1. The number of aryl methyl sites for hydroxylation is 1. The highest BCUT2D eigenvalue weighted by atomic mass is 32.1. The van der Waals surface area contributed by atoms with Gasteiger partial charge in [0.15, 0.2) is 0 Å². The number of carboxylic acids is 1. The molecule has 1 aliphatic rings. The van der Waals surface area contributed by atoms with Crippen molar-refractivity contribution in [3.63, 3.8) is 0 Å². The van der Waals surface area contributed by atoms with Crippen LogP contribution in [0.25, 0.3) is 0 Å². The van der Waals surface area contributed by atoms with Crippen LogP contribution in [0.2, 0.25) is 0 Å². The molecule has 5 nitrogen and oxygen atoms in total. The number of carbonyl (C=O) groups excluding carboxylic acids is 1. The van der Waals surface area contributed by atoms with Gasteiger partial charge in [-0.1, -0.05) is 12.8 Å². The van der Waals surface area contributed by atoms with E-state index in [1.54, 1.807) is 6.07 Å². The molecule has 0 bridgehead atoms. The molecule has 0 spiro atoms. The zero-order valence-electron chi connectivity index (χ0n) is 12.9. The summed E-state index contributed by atoms with van der Waals surface area (Å²) in [5.41, 5.74) is 0. The van der Waals surface area contributed by atoms with Crippen molar-refractivity contribution in [3.8, 4) is 0 Å². The van der Waals surface area contributed by atoms with Crippen LogP contribution >= 0.6 is 11.3 Å². The molecule has 0 radical (unpaired) electrons. The number of likely N-dealkylation sites (tertiary alicyclic amines) is 1. The van der Waals surface area contributed by atoms with E-state index in [1.165, 1.54) is 6.07 Å². The Morgan fingerprint density at radius 3 is 2.61 bits per heavy atom. The lowest BCUT2D eigenvalue weighted by atomic mass is 10.1. The number of thiophene rings is 1. The fourth-order valence-electron chi connectivity index (χ4n) is 2.99. The van der Waals surface area contributed by atoms with Crippen molar-refractivity contribution in [1.29, 1.82) is 0 Å². The molecule has 122 valence electrons. The van der Waals surface area contributed by atoms with Gasteiger partial charge in [0.2, 0.25) is 0 Å². The summed E-state index contributed by atoms with van der Waals surface area (Å²) < 4.78 is 5.75. The van der Waals surface area contributed by atoms with Crippen LogP contribution in [0.1, 0.15) is 62.6 Å². The molecule has 23 heavy (non-hydrogen) atoms. The Morgan fingerprint density at radius 1 is 1.17 bits per heavy atom. The second-order valence-electron chi connectivity index (χ2n) is 5.78. The maximum Gasteiger partial charge on any atom is 0.345 e. The molecule has 0 aliphatic carbocycles. The maximum absolute atomic E-state index is 12.9. The molecule has 1 unspecified atom stereocenters. The van der Waals surface area contributed by atoms with Gasteiger partial charge in [0.05, 0.1) is 10.9 Å². The summed E-state index contributed by atoms with van der Waals surface area (Å²) in [6.45, 7) is 2.56. The third kappa shape index (κ3) is 3.32. The lowest BCUT2D eigenvalue weighted by molar-refractivity contribution is 0.0661. The van der Waals surface area contributed by atoms with Crippen molar-refractivity contribution >= 4 is 23.2 Å². The minimum Gasteiger partial charge on any atom is -0.477 e. The van der Waals surface area contributed by atoms with Crippen molar-refractivity contribution in [2.45, 2.75) is 38.6 Å². The zero-order chi connectivity index (χ0) is 16.4. The molecule has 1 amide bonds. The Kier molecular flexibility index (Phi) is 4.52. The molecule has 3 heterocycles. The summed E-state index contributed by atoms with van der Waals surface area (Å²) in [5, 5.41) is 9.04. The standard InChI is InChI=1S/C17H19NO4S/c1-11-6-7-13(22-11)12-5-3-2-4-10-18(12)16(19)14-8-9-15(23-14)17(20)21/h6-9,12H,2-5,10H2,1H3,(H,20,21). The minimum absolute atomic E-state index is 0.0749. The SMILES string of the molecule is Cc1ccc(C2CCCCCN2C(=O)c2ccc(C(=O)O)s2)o1. The van der Waals surface area contributed by atoms with Crippen LogP contribution in [0.4, 0.5) is 0 Å². The molecule has 1 aliphatic heterocycles. The van der Waals surface area contributed by atoms with Crippen LogP contribution in [0.3, 0.4) is 0 Å². The number of rotatable bonds is 3. The van der Waals surface area contributed by atoms with E-state index < -0.39 is 5.97 Å². The van der Waals surface area contributed by atoms with Gasteiger partial charge in [0.25, 0.3) is 5.91 Å². The normalized spacial score (nSPS) is 18.7. The van der Waals surface area contributed by atoms with Crippen LogP contribution in [0, 0.1) is 6.92 Å². The molecule has 1 saturated heterocycles. The first-order valence-corrected chi connectivity index (χ1v) is 8.58. The largest absolute Gasteiger partial charge is 0.477 e. The van der Waals surface area contributed by atoms with Gasteiger partial charge in [-0.25, -0.2) is 4.79 Å². The molecule has 6 heteroatoms. The third-order valence-corrected chi connectivity index (χ3v) is 5.19. The Hall–Kier alpha value is -2.08. The Morgan fingerprint density at radius 2 is 1.96 bits per heavy atom. The monoisotopic (exact) mass is 333 g/mol. The van der Waals surface area contributed by atoms with Crippen molar-refractivity contribution < 1.29 is 19.1 Å². The number of hydrogen-bond acceptors (Lipinski definition) is 4. The highest BCUT2D eigenvalue weighted by Crippen LogP contribution is 2.33. The predicted octanol–water partition coefficient (Wildman–Crippen LogP) is 4.11. The summed E-state index contributed by atoms with van der Waals surface area (Å²) in [6.07, 6.45) is 3.97. The molecule has 1 atom stereocenters. The topological polar surface area (TPSA) is 70.8 Å². The number of furan rings is 1. The Labute approximate surface area is 138 Å². The number of carboxylic acid groups (broad SMARTS) is 1. The zero-order valence-corrected chi connectivity index (χ0v) is 13.8. The summed E-state index contributed by atoms with van der Waals surface area (Å²) >= 11 is 1.03. The van der Waals surface area contributed by atoms with Gasteiger partial charge in [0, 0.05) is 6.54 Å². The van der Waals surface area contributed by atoms with E-state index >= 15 is 0 Å². The second-order valence-corrected chi connectivity index (χ2v) is 6.86. The van der Waals surface area contributed by atoms with Crippen LogP contribution < -0.4 is 0 Å². The first kappa shape index (κ1) is 15.8. The van der Waals surface area contributed by atoms with E-state index in [-0.39, 0.29) is 16.8 Å². The average molecular weight is 333 g/mol. The van der Waals surface area contributed by atoms with E-state index in [0.717, 1.165) is 48.5 Å². The summed E-state index contributed by atoms with van der Waals surface area (Å²) in [4.78, 5) is 26.4. The molecular weight excluding hydrogens is 314 g/mol. The van der Waals surface area contributed by atoms with Crippen LogP contribution in [-0.4, -0.2) is 28.4 Å². The number of carbonyl (C=O) groups is 2. The summed E-state index contributed by atoms with van der Waals surface area (Å²) in [7, 11) is 0. The van der Waals surface area contributed by atoms with Crippen molar-refractivity contribution in [2.24, 2.45) is 0 Å². The van der Waals surface area contributed by atoms with Crippen LogP contribution in [0.5, 0.6) is 0 Å².